The van der Waals surface area contributed by atoms with Crippen molar-refractivity contribution >= 4 is 27.5 Å². The van der Waals surface area contributed by atoms with E-state index >= 15 is 0 Å². The average molecular weight is 329 g/mol. The fourth-order valence-corrected chi connectivity index (χ4v) is 4.74. The predicted molar refractivity (Wildman–Crippen MR) is 93.8 cm³/mol. The summed E-state index contributed by atoms with van der Waals surface area (Å²) < 4.78 is 1.21. The SMILES string of the molecule is CCc1nc2cc(CC(=O)N[C@H]3CN4CCC3CC4)ccc2s1. The van der Waals surface area contributed by atoms with E-state index in [1.165, 1.54) is 30.6 Å². The zero-order valence-corrected chi connectivity index (χ0v) is 14.4. The first kappa shape index (κ1) is 15.1. The summed E-state index contributed by atoms with van der Waals surface area (Å²) in [5.74, 6) is 0.825. The second-order valence-corrected chi connectivity index (χ2v) is 7.87. The highest BCUT2D eigenvalue weighted by Crippen LogP contribution is 2.28. The zero-order valence-electron chi connectivity index (χ0n) is 13.5. The molecule has 1 N–H and O–H groups in total. The molecule has 0 unspecified atom stereocenters. The number of hydrogen-bond acceptors (Lipinski definition) is 4. The van der Waals surface area contributed by atoms with Crippen LogP contribution in [0.3, 0.4) is 0 Å². The normalized spacial score (nSPS) is 26.6. The zero-order chi connectivity index (χ0) is 15.8. The summed E-state index contributed by atoms with van der Waals surface area (Å²) in [5.41, 5.74) is 2.09. The van der Waals surface area contributed by atoms with Gasteiger partial charge in [0.2, 0.25) is 5.91 Å². The molecule has 2 bridgehead atoms. The second-order valence-electron chi connectivity index (χ2n) is 6.75. The van der Waals surface area contributed by atoms with Crippen molar-refractivity contribution < 1.29 is 4.79 Å². The van der Waals surface area contributed by atoms with Gasteiger partial charge in [0.25, 0.3) is 0 Å². The number of nitrogens with one attached hydrogen (secondary N) is 1. The summed E-state index contributed by atoms with van der Waals surface area (Å²) in [6.45, 7) is 5.57. The van der Waals surface area contributed by atoms with Crippen molar-refractivity contribution in [1.29, 1.82) is 0 Å². The Kier molecular flexibility index (Phi) is 4.07. The van der Waals surface area contributed by atoms with E-state index in [1.807, 2.05) is 0 Å². The molecule has 23 heavy (non-hydrogen) atoms. The lowest BCUT2D eigenvalue weighted by Gasteiger charge is -2.44. The number of carbonyl (C=O) groups is 1. The van der Waals surface area contributed by atoms with Gasteiger partial charge in [0.1, 0.15) is 0 Å². The molecule has 5 heteroatoms. The van der Waals surface area contributed by atoms with Gasteiger partial charge in [-0.15, -0.1) is 11.3 Å². The molecule has 3 fully saturated rings. The van der Waals surface area contributed by atoms with Crippen LogP contribution in [0.4, 0.5) is 0 Å². The van der Waals surface area contributed by atoms with Crippen molar-refractivity contribution in [3.63, 3.8) is 0 Å². The van der Waals surface area contributed by atoms with Crippen molar-refractivity contribution in [2.45, 2.75) is 38.6 Å². The lowest BCUT2D eigenvalue weighted by molar-refractivity contribution is -0.122. The van der Waals surface area contributed by atoms with Gasteiger partial charge in [-0.2, -0.15) is 0 Å². The number of carbonyl (C=O) groups excluding carboxylic acids is 1. The monoisotopic (exact) mass is 329 g/mol. The number of nitrogens with zero attached hydrogens (tertiary/aromatic N) is 2. The Morgan fingerprint density at radius 3 is 2.91 bits per heavy atom. The minimum absolute atomic E-state index is 0.147. The number of piperidine rings is 3. The van der Waals surface area contributed by atoms with E-state index in [9.17, 15) is 4.79 Å². The van der Waals surface area contributed by atoms with Crippen molar-refractivity contribution in [3.05, 3.63) is 28.8 Å². The standard InChI is InChI=1S/C18H23N3OS/c1-2-18-20-14-9-12(3-4-16(14)23-18)10-17(22)19-15-11-21-7-5-13(15)6-8-21/h3-4,9,13,15H,2,5-8,10-11H2,1H3,(H,19,22)/t15-/m0/s1. The molecule has 0 spiro atoms. The molecular formula is C18H23N3OS. The Labute approximate surface area is 140 Å². The predicted octanol–water partition coefficient (Wildman–Crippen LogP) is 2.61. The van der Waals surface area contributed by atoms with Gasteiger partial charge in [-0.25, -0.2) is 4.98 Å². The van der Waals surface area contributed by atoms with Gasteiger partial charge in [0.05, 0.1) is 21.6 Å². The molecule has 122 valence electrons. The molecule has 4 nitrogen and oxygen atoms in total. The third-order valence-corrected chi connectivity index (χ3v) is 6.35. The van der Waals surface area contributed by atoms with Gasteiger partial charge < -0.3 is 10.2 Å². The minimum Gasteiger partial charge on any atom is -0.352 e. The molecule has 3 aliphatic rings. The van der Waals surface area contributed by atoms with Crippen LogP contribution in [0, 0.1) is 5.92 Å². The molecule has 1 aromatic carbocycles. The smallest absolute Gasteiger partial charge is 0.224 e. The van der Waals surface area contributed by atoms with E-state index in [-0.39, 0.29) is 5.91 Å². The Balaban J connectivity index is 1.42. The van der Waals surface area contributed by atoms with E-state index in [2.05, 4.69) is 40.3 Å². The van der Waals surface area contributed by atoms with Crippen LogP contribution in [-0.2, 0) is 17.6 Å². The van der Waals surface area contributed by atoms with E-state index in [1.54, 1.807) is 11.3 Å². The highest BCUT2D eigenvalue weighted by molar-refractivity contribution is 7.18. The fourth-order valence-electron chi connectivity index (χ4n) is 3.85. The number of benzene rings is 1. The molecule has 0 aliphatic carbocycles. The van der Waals surface area contributed by atoms with E-state index in [4.69, 9.17) is 0 Å². The third kappa shape index (κ3) is 3.12. The number of rotatable bonds is 4. The van der Waals surface area contributed by atoms with Crippen LogP contribution in [0.25, 0.3) is 10.2 Å². The molecule has 3 saturated heterocycles. The van der Waals surface area contributed by atoms with Gasteiger partial charge in [0, 0.05) is 12.6 Å². The van der Waals surface area contributed by atoms with Crippen LogP contribution in [0.2, 0.25) is 0 Å². The Hall–Kier alpha value is -1.46. The van der Waals surface area contributed by atoms with Crippen molar-refractivity contribution in [1.82, 2.24) is 15.2 Å². The summed E-state index contributed by atoms with van der Waals surface area (Å²) in [4.78, 5) is 19.5. The third-order valence-electron chi connectivity index (χ3n) is 5.17. The minimum atomic E-state index is 0.147. The molecule has 3 aliphatic heterocycles. The van der Waals surface area contributed by atoms with Gasteiger partial charge >= 0.3 is 0 Å². The molecule has 4 heterocycles. The maximum Gasteiger partial charge on any atom is 0.224 e. The Morgan fingerprint density at radius 1 is 1.39 bits per heavy atom. The summed E-state index contributed by atoms with van der Waals surface area (Å²) in [6.07, 6.45) is 3.89. The van der Waals surface area contributed by atoms with Crippen LogP contribution >= 0.6 is 11.3 Å². The number of aryl methyl sites for hydroxylation is 1. The topological polar surface area (TPSA) is 45.2 Å². The number of hydrogen-bond donors (Lipinski definition) is 1. The van der Waals surface area contributed by atoms with Crippen molar-refractivity contribution in [2.75, 3.05) is 19.6 Å². The fraction of sp³-hybridized carbons (Fsp3) is 0.556. The van der Waals surface area contributed by atoms with Crippen LogP contribution in [0.5, 0.6) is 0 Å². The van der Waals surface area contributed by atoms with Crippen molar-refractivity contribution in [3.8, 4) is 0 Å². The molecule has 2 aromatic rings. The first-order valence-electron chi connectivity index (χ1n) is 8.61. The van der Waals surface area contributed by atoms with Gasteiger partial charge in [-0.3, -0.25) is 4.79 Å². The highest BCUT2D eigenvalue weighted by atomic mass is 32.1. The quantitative estimate of drug-likeness (QED) is 0.938. The molecule has 5 rings (SSSR count). The maximum atomic E-state index is 12.4. The number of thiazole rings is 1. The molecule has 0 saturated carbocycles. The number of fused-ring (bicyclic) bond motifs is 4. The van der Waals surface area contributed by atoms with Crippen LogP contribution in [0.15, 0.2) is 18.2 Å². The summed E-state index contributed by atoms with van der Waals surface area (Å²) in [7, 11) is 0. The first-order chi connectivity index (χ1) is 11.2. The summed E-state index contributed by atoms with van der Waals surface area (Å²) in [6, 6.07) is 6.58. The first-order valence-corrected chi connectivity index (χ1v) is 9.43. The van der Waals surface area contributed by atoms with Crippen LogP contribution in [0.1, 0.15) is 30.3 Å². The summed E-state index contributed by atoms with van der Waals surface area (Å²) in [5, 5.41) is 4.43. The second kappa shape index (κ2) is 6.21. The molecule has 1 amide bonds. The lowest BCUT2D eigenvalue weighted by Crippen LogP contribution is -2.57. The van der Waals surface area contributed by atoms with E-state index in [0.717, 1.165) is 29.1 Å². The van der Waals surface area contributed by atoms with Gasteiger partial charge in [0.15, 0.2) is 0 Å². The molecule has 1 aromatic heterocycles. The van der Waals surface area contributed by atoms with Gasteiger partial charge in [-0.1, -0.05) is 13.0 Å². The Morgan fingerprint density at radius 2 is 2.22 bits per heavy atom. The molecular weight excluding hydrogens is 306 g/mol. The van der Waals surface area contributed by atoms with E-state index < -0.39 is 0 Å². The number of aromatic nitrogens is 1. The summed E-state index contributed by atoms with van der Waals surface area (Å²) >= 11 is 1.74. The van der Waals surface area contributed by atoms with Crippen molar-refractivity contribution in [2.24, 2.45) is 5.92 Å². The molecule has 1 atom stereocenters. The maximum absolute atomic E-state index is 12.4. The van der Waals surface area contributed by atoms with E-state index in [0.29, 0.717) is 18.4 Å². The lowest BCUT2D eigenvalue weighted by atomic mass is 9.84. The number of amides is 1. The highest BCUT2D eigenvalue weighted by Gasteiger charge is 2.34. The molecule has 0 radical (unpaired) electrons. The van der Waals surface area contributed by atoms with Crippen LogP contribution < -0.4 is 5.32 Å². The van der Waals surface area contributed by atoms with Gasteiger partial charge in [-0.05, 0) is 56.0 Å². The largest absolute Gasteiger partial charge is 0.352 e. The van der Waals surface area contributed by atoms with Crippen LogP contribution in [-0.4, -0.2) is 41.5 Å². The Bertz CT molecular complexity index is 718. The average Bonchev–Trinajstić information content (AvgIpc) is 2.98.